The van der Waals surface area contributed by atoms with Crippen molar-refractivity contribution >= 4 is 32.1 Å². The SMILES string of the molecule is Cn1cccc1CN(Cc1cccs1)S(=O)(=O)c1ccc2ccccc2c1. The van der Waals surface area contributed by atoms with Crippen LogP contribution in [0.2, 0.25) is 0 Å². The van der Waals surface area contributed by atoms with E-state index in [0.29, 0.717) is 18.0 Å². The predicted octanol–water partition coefficient (Wildman–Crippen LogP) is 4.63. The Kier molecular flexibility index (Phi) is 4.86. The summed E-state index contributed by atoms with van der Waals surface area (Å²) in [7, 11) is -1.70. The van der Waals surface area contributed by atoms with Gasteiger partial charge in [-0.2, -0.15) is 4.31 Å². The quantitative estimate of drug-likeness (QED) is 0.477. The van der Waals surface area contributed by atoms with Crippen LogP contribution in [0.1, 0.15) is 10.6 Å². The van der Waals surface area contributed by atoms with Crippen LogP contribution in [0.3, 0.4) is 0 Å². The van der Waals surface area contributed by atoms with Gasteiger partial charge in [0, 0.05) is 30.4 Å². The molecule has 0 saturated heterocycles. The van der Waals surface area contributed by atoms with Crippen LogP contribution in [0.25, 0.3) is 10.8 Å². The monoisotopic (exact) mass is 396 g/mol. The minimum atomic E-state index is -3.63. The van der Waals surface area contributed by atoms with Crippen LogP contribution in [-0.2, 0) is 30.2 Å². The molecule has 0 aliphatic heterocycles. The lowest BCUT2D eigenvalue weighted by Crippen LogP contribution is -2.30. The summed E-state index contributed by atoms with van der Waals surface area (Å²) >= 11 is 1.57. The number of aryl methyl sites for hydroxylation is 1. The molecular weight excluding hydrogens is 376 g/mol. The van der Waals surface area contributed by atoms with E-state index in [1.807, 2.05) is 77.8 Å². The number of aromatic nitrogens is 1. The number of rotatable bonds is 6. The molecule has 0 radical (unpaired) electrons. The van der Waals surface area contributed by atoms with Gasteiger partial charge in [-0.05, 0) is 46.5 Å². The molecule has 4 rings (SSSR count). The van der Waals surface area contributed by atoms with Gasteiger partial charge in [-0.3, -0.25) is 0 Å². The van der Waals surface area contributed by atoms with E-state index >= 15 is 0 Å². The zero-order valence-corrected chi connectivity index (χ0v) is 16.6. The van der Waals surface area contributed by atoms with Crippen molar-refractivity contribution in [1.82, 2.24) is 8.87 Å². The third kappa shape index (κ3) is 3.69. The summed E-state index contributed by atoms with van der Waals surface area (Å²) in [5.41, 5.74) is 0.955. The summed E-state index contributed by atoms with van der Waals surface area (Å²) in [6.45, 7) is 0.689. The average Bonchev–Trinajstić information content (AvgIpc) is 3.33. The summed E-state index contributed by atoms with van der Waals surface area (Å²) in [5.74, 6) is 0. The van der Waals surface area contributed by atoms with E-state index in [2.05, 4.69) is 0 Å². The Morgan fingerprint density at radius 3 is 2.44 bits per heavy atom. The standard InChI is InChI=1S/C21H20N2O2S2/c1-22-12-4-8-19(22)15-23(16-20-9-5-13-26-20)27(24,25)21-11-10-17-6-2-3-7-18(17)14-21/h2-14H,15-16H2,1H3. The van der Waals surface area contributed by atoms with Crippen molar-refractivity contribution in [3.05, 3.63) is 88.9 Å². The summed E-state index contributed by atoms with van der Waals surface area (Å²) in [4.78, 5) is 1.35. The molecule has 0 bridgehead atoms. The normalized spacial score (nSPS) is 12.1. The van der Waals surface area contributed by atoms with E-state index < -0.39 is 10.0 Å². The molecule has 2 aromatic heterocycles. The van der Waals surface area contributed by atoms with Crippen molar-refractivity contribution in [3.63, 3.8) is 0 Å². The molecule has 2 heterocycles. The van der Waals surface area contributed by atoms with Gasteiger partial charge in [0.2, 0.25) is 10.0 Å². The molecule has 0 N–H and O–H groups in total. The van der Waals surface area contributed by atoms with Gasteiger partial charge in [0.1, 0.15) is 0 Å². The Labute approximate surface area is 163 Å². The molecular formula is C21H20N2O2S2. The Hall–Kier alpha value is -2.41. The molecule has 0 amide bonds. The highest BCUT2D eigenvalue weighted by Gasteiger charge is 2.26. The first kappa shape index (κ1) is 18.0. The van der Waals surface area contributed by atoms with Crippen LogP contribution in [-0.4, -0.2) is 17.3 Å². The fraction of sp³-hybridized carbons (Fsp3) is 0.143. The second-order valence-corrected chi connectivity index (χ2v) is 9.44. The Morgan fingerprint density at radius 1 is 0.926 bits per heavy atom. The Balaban J connectivity index is 1.74. The van der Waals surface area contributed by atoms with Crippen molar-refractivity contribution in [1.29, 1.82) is 0 Å². The molecule has 0 fully saturated rings. The lowest BCUT2D eigenvalue weighted by molar-refractivity contribution is 0.395. The smallest absolute Gasteiger partial charge is 0.243 e. The molecule has 0 spiro atoms. The van der Waals surface area contributed by atoms with Crippen LogP contribution in [0.5, 0.6) is 0 Å². The van der Waals surface area contributed by atoms with E-state index in [0.717, 1.165) is 21.3 Å². The van der Waals surface area contributed by atoms with Crippen molar-refractivity contribution in [3.8, 4) is 0 Å². The summed E-state index contributed by atoms with van der Waals surface area (Å²) < 4.78 is 30.4. The van der Waals surface area contributed by atoms with Crippen LogP contribution in [0.4, 0.5) is 0 Å². The molecule has 0 saturated carbocycles. The number of sulfonamides is 1. The van der Waals surface area contributed by atoms with Gasteiger partial charge in [-0.1, -0.05) is 36.4 Å². The first-order valence-electron chi connectivity index (χ1n) is 8.65. The topological polar surface area (TPSA) is 42.3 Å². The lowest BCUT2D eigenvalue weighted by atomic mass is 10.1. The summed E-state index contributed by atoms with van der Waals surface area (Å²) in [5, 5.41) is 3.93. The number of thiophene rings is 1. The van der Waals surface area contributed by atoms with Gasteiger partial charge in [0.25, 0.3) is 0 Å². The molecule has 2 aromatic carbocycles. The molecule has 0 unspecified atom stereocenters. The molecule has 6 heteroatoms. The van der Waals surface area contributed by atoms with Gasteiger partial charge >= 0.3 is 0 Å². The fourth-order valence-electron chi connectivity index (χ4n) is 3.12. The zero-order valence-electron chi connectivity index (χ0n) is 14.9. The van der Waals surface area contributed by atoms with Gasteiger partial charge in [0.05, 0.1) is 11.4 Å². The third-order valence-electron chi connectivity index (χ3n) is 4.66. The van der Waals surface area contributed by atoms with Crippen molar-refractivity contribution in [2.75, 3.05) is 0 Å². The maximum Gasteiger partial charge on any atom is 0.243 e. The van der Waals surface area contributed by atoms with Gasteiger partial charge in [-0.15, -0.1) is 11.3 Å². The fourth-order valence-corrected chi connectivity index (χ4v) is 5.35. The van der Waals surface area contributed by atoms with E-state index in [-0.39, 0.29) is 0 Å². The maximum atomic E-state index is 13.5. The summed E-state index contributed by atoms with van der Waals surface area (Å²) in [6.07, 6.45) is 1.93. The largest absolute Gasteiger partial charge is 0.353 e. The predicted molar refractivity (Wildman–Crippen MR) is 110 cm³/mol. The van der Waals surface area contributed by atoms with E-state index in [1.165, 1.54) is 0 Å². The van der Waals surface area contributed by atoms with Gasteiger partial charge in [0.15, 0.2) is 0 Å². The zero-order chi connectivity index (χ0) is 18.9. The first-order valence-corrected chi connectivity index (χ1v) is 11.0. The second-order valence-electron chi connectivity index (χ2n) is 6.47. The number of hydrogen-bond donors (Lipinski definition) is 0. The molecule has 4 nitrogen and oxygen atoms in total. The Bertz CT molecular complexity index is 1160. The van der Waals surface area contributed by atoms with E-state index in [9.17, 15) is 8.42 Å². The van der Waals surface area contributed by atoms with Crippen LogP contribution < -0.4 is 0 Å². The Morgan fingerprint density at radius 2 is 1.74 bits per heavy atom. The molecule has 4 aromatic rings. The summed E-state index contributed by atoms with van der Waals surface area (Å²) in [6, 6.07) is 20.9. The lowest BCUT2D eigenvalue weighted by Gasteiger charge is -2.22. The highest BCUT2D eigenvalue weighted by Crippen LogP contribution is 2.25. The molecule has 0 aliphatic rings. The third-order valence-corrected chi connectivity index (χ3v) is 7.31. The van der Waals surface area contributed by atoms with Crippen LogP contribution in [0, 0.1) is 0 Å². The van der Waals surface area contributed by atoms with Crippen molar-refractivity contribution in [2.45, 2.75) is 18.0 Å². The number of nitrogens with zero attached hydrogens (tertiary/aromatic N) is 2. The number of benzene rings is 2. The molecule has 0 aliphatic carbocycles. The van der Waals surface area contributed by atoms with Crippen molar-refractivity contribution < 1.29 is 8.42 Å². The number of fused-ring (bicyclic) bond motifs is 1. The van der Waals surface area contributed by atoms with Crippen molar-refractivity contribution in [2.24, 2.45) is 7.05 Å². The minimum absolute atomic E-state index is 0.326. The van der Waals surface area contributed by atoms with Gasteiger partial charge < -0.3 is 4.57 Å². The van der Waals surface area contributed by atoms with Crippen LogP contribution >= 0.6 is 11.3 Å². The van der Waals surface area contributed by atoms with E-state index in [1.54, 1.807) is 27.8 Å². The van der Waals surface area contributed by atoms with E-state index in [4.69, 9.17) is 0 Å². The highest BCUT2D eigenvalue weighted by atomic mass is 32.2. The minimum Gasteiger partial charge on any atom is -0.353 e. The first-order chi connectivity index (χ1) is 13.0. The van der Waals surface area contributed by atoms with Crippen LogP contribution in [0.15, 0.2) is 83.2 Å². The molecule has 27 heavy (non-hydrogen) atoms. The molecule has 0 atom stereocenters. The highest BCUT2D eigenvalue weighted by molar-refractivity contribution is 7.89. The average molecular weight is 397 g/mol. The number of hydrogen-bond acceptors (Lipinski definition) is 3. The van der Waals surface area contributed by atoms with Gasteiger partial charge in [-0.25, -0.2) is 8.42 Å². The maximum absolute atomic E-state index is 13.5. The molecule has 138 valence electrons. The second kappa shape index (κ2) is 7.31.